The summed E-state index contributed by atoms with van der Waals surface area (Å²) in [4.78, 5) is 23.8. The van der Waals surface area contributed by atoms with Gasteiger partial charge in [0.1, 0.15) is 0 Å². The van der Waals surface area contributed by atoms with Crippen LogP contribution < -0.4 is 54.6 Å². The van der Waals surface area contributed by atoms with Gasteiger partial charge in [-0.15, -0.1) is 0 Å². The average molecular weight is 347 g/mol. The summed E-state index contributed by atoms with van der Waals surface area (Å²) >= 11 is 0. The first kappa shape index (κ1) is 22.7. The Bertz CT molecular complexity index is 538. The molecule has 1 aromatic carbocycles. The molecule has 0 saturated heterocycles. The summed E-state index contributed by atoms with van der Waals surface area (Å²) in [5.41, 5.74) is 5.56. The quantitative estimate of drug-likeness (QED) is 0.214. The Hall–Kier alpha value is -1.28. The van der Waals surface area contributed by atoms with Gasteiger partial charge in [0.25, 0.3) is 0 Å². The molecule has 1 unspecified atom stereocenters. The zero-order valence-corrected chi connectivity index (χ0v) is 16.6. The molecular formula is C16H22NNaO6. The van der Waals surface area contributed by atoms with Crippen molar-refractivity contribution in [2.45, 2.75) is 19.3 Å². The Labute approximate surface area is 163 Å². The van der Waals surface area contributed by atoms with Crippen LogP contribution in [0.5, 0.6) is 17.2 Å². The summed E-state index contributed by atoms with van der Waals surface area (Å²) < 4.78 is 15.5. The van der Waals surface area contributed by atoms with Gasteiger partial charge in [0.05, 0.1) is 33.2 Å². The monoisotopic (exact) mass is 347 g/mol. The SMILES string of the molecule is COc1cc(C(=O)C(CCCCN)C(=O)[O-])cc(OC)c1OC.[Na+]. The summed E-state index contributed by atoms with van der Waals surface area (Å²) in [6.07, 6.45) is 1.35. The Morgan fingerprint density at radius 3 is 2.00 bits per heavy atom. The molecule has 7 nitrogen and oxygen atoms in total. The Morgan fingerprint density at radius 2 is 1.62 bits per heavy atom. The standard InChI is InChI=1S/C16H23NO6.Na/c1-21-12-8-10(9-13(22-2)15(12)23-3)14(18)11(16(19)20)6-4-5-7-17;/h8-9,11H,4-7,17H2,1-3H3,(H,19,20);/q;+1/p-1. The van der Waals surface area contributed by atoms with Gasteiger partial charge in [-0.3, -0.25) is 4.79 Å². The summed E-state index contributed by atoms with van der Waals surface area (Å²) in [5.74, 6) is -2.28. The fourth-order valence-corrected chi connectivity index (χ4v) is 2.27. The van der Waals surface area contributed by atoms with Crippen molar-refractivity contribution < 1.29 is 58.5 Å². The molecule has 0 heterocycles. The number of rotatable bonds is 10. The molecule has 128 valence electrons. The van der Waals surface area contributed by atoms with Crippen molar-refractivity contribution >= 4 is 11.8 Å². The molecule has 0 spiro atoms. The summed E-state index contributed by atoms with van der Waals surface area (Å²) in [5, 5.41) is 11.3. The van der Waals surface area contributed by atoms with Crippen molar-refractivity contribution in [1.29, 1.82) is 0 Å². The zero-order valence-electron chi connectivity index (χ0n) is 14.6. The van der Waals surface area contributed by atoms with E-state index in [2.05, 4.69) is 0 Å². The number of carboxylic acids is 1. The number of hydrogen-bond donors (Lipinski definition) is 1. The van der Waals surface area contributed by atoms with E-state index < -0.39 is 17.7 Å². The number of unbranched alkanes of at least 4 members (excludes halogenated alkanes) is 1. The first-order chi connectivity index (χ1) is 11.0. The number of carbonyl (C=O) groups is 2. The van der Waals surface area contributed by atoms with Crippen molar-refractivity contribution in [3.8, 4) is 17.2 Å². The smallest absolute Gasteiger partial charge is 0.549 e. The molecule has 0 aromatic heterocycles. The molecule has 0 amide bonds. The minimum Gasteiger partial charge on any atom is -0.549 e. The predicted molar refractivity (Wildman–Crippen MR) is 81.8 cm³/mol. The molecule has 0 saturated carbocycles. The zero-order chi connectivity index (χ0) is 17.4. The molecule has 1 atom stereocenters. The average Bonchev–Trinajstić information content (AvgIpc) is 2.56. The van der Waals surface area contributed by atoms with Gasteiger partial charge < -0.3 is 29.8 Å². The number of benzene rings is 1. The third-order valence-corrected chi connectivity index (χ3v) is 3.50. The van der Waals surface area contributed by atoms with E-state index in [0.29, 0.717) is 25.1 Å². The number of ether oxygens (including phenoxy) is 3. The van der Waals surface area contributed by atoms with E-state index in [1.54, 1.807) is 0 Å². The number of Topliss-reactive ketones (excluding diaryl/α,β-unsaturated/α-hetero) is 1. The summed E-state index contributed by atoms with van der Waals surface area (Å²) in [7, 11) is 4.28. The molecule has 0 bridgehead atoms. The van der Waals surface area contributed by atoms with Crippen molar-refractivity contribution in [2.24, 2.45) is 11.7 Å². The van der Waals surface area contributed by atoms with Crippen LogP contribution in [0.1, 0.15) is 29.6 Å². The maximum absolute atomic E-state index is 12.5. The molecule has 24 heavy (non-hydrogen) atoms. The molecule has 0 radical (unpaired) electrons. The van der Waals surface area contributed by atoms with Crippen LogP contribution in [-0.4, -0.2) is 39.6 Å². The third kappa shape index (κ3) is 5.66. The fraction of sp³-hybridized carbons (Fsp3) is 0.500. The Kier molecular flexibility index (Phi) is 10.7. The van der Waals surface area contributed by atoms with Crippen LogP contribution in [0.3, 0.4) is 0 Å². The van der Waals surface area contributed by atoms with Crippen molar-refractivity contribution in [3.05, 3.63) is 17.7 Å². The minimum absolute atomic E-state index is 0. The van der Waals surface area contributed by atoms with Crippen LogP contribution in [0, 0.1) is 5.92 Å². The van der Waals surface area contributed by atoms with Crippen LogP contribution in [0.4, 0.5) is 0 Å². The number of carboxylic acid groups (broad SMARTS) is 1. The number of nitrogens with two attached hydrogens (primary N) is 1. The van der Waals surface area contributed by atoms with E-state index in [0.717, 1.165) is 0 Å². The number of ketones is 1. The Balaban J connectivity index is 0.00000529. The van der Waals surface area contributed by atoms with E-state index in [4.69, 9.17) is 19.9 Å². The van der Waals surface area contributed by atoms with Crippen LogP contribution in [-0.2, 0) is 4.79 Å². The summed E-state index contributed by atoms with van der Waals surface area (Å²) in [6.45, 7) is 0.443. The van der Waals surface area contributed by atoms with Crippen LogP contribution in [0.15, 0.2) is 12.1 Å². The van der Waals surface area contributed by atoms with E-state index in [1.807, 2.05) is 0 Å². The van der Waals surface area contributed by atoms with Crippen molar-refractivity contribution in [2.75, 3.05) is 27.9 Å². The van der Waals surface area contributed by atoms with E-state index in [-0.39, 0.29) is 53.0 Å². The van der Waals surface area contributed by atoms with Gasteiger partial charge in [-0.1, -0.05) is 6.42 Å². The maximum Gasteiger partial charge on any atom is 1.00 e. The second kappa shape index (κ2) is 11.3. The molecule has 0 aliphatic heterocycles. The van der Waals surface area contributed by atoms with E-state index in [9.17, 15) is 14.7 Å². The normalized spacial score (nSPS) is 11.2. The maximum atomic E-state index is 12.5. The third-order valence-electron chi connectivity index (χ3n) is 3.50. The molecule has 8 heteroatoms. The van der Waals surface area contributed by atoms with Gasteiger partial charge in [-0.2, -0.15) is 0 Å². The van der Waals surface area contributed by atoms with Gasteiger partial charge >= 0.3 is 29.6 Å². The molecule has 2 N–H and O–H groups in total. The van der Waals surface area contributed by atoms with Crippen LogP contribution in [0.25, 0.3) is 0 Å². The van der Waals surface area contributed by atoms with E-state index in [1.165, 1.54) is 33.5 Å². The molecule has 0 aliphatic rings. The van der Waals surface area contributed by atoms with Gasteiger partial charge in [-0.25, -0.2) is 0 Å². The second-order valence-corrected chi connectivity index (χ2v) is 4.93. The second-order valence-electron chi connectivity index (χ2n) is 4.93. The topological polar surface area (TPSA) is 111 Å². The van der Waals surface area contributed by atoms with Gasteiger partial charge in [-0.05, 0) is 31.5 Å². The molecule has 0 aliphatic carbocycles. The van der Waals surface area contributed by atoms with Gasteiger partial charge in [0.15, 0.2) is 17.3 Å². The Morgan fingerprint density at radius 1 is 1.08 bits per heavy atom. The van der Waals surface area contributed by atoms with Crippen LogP contribution in [0.2, 0.25) is 0 Å². The first-order valence-corrected chi connectivity index (χ1v) is 7.25. The molecule has 0 fully saturated rings. The van der Waals surface area contributed by atoms with Gasteiger partial charge in [0.2, 0.25) is 5.75 Å². The van der Waals surface area contributed by atoms with Crippen LogP contribution >= 0.6 is 0 Å². The molecular weight excluding hydrogens is 325 g/mol. The first-order valence-electron chi connectivity index (χ1n) is 7.25. The minimum atomic E-state index is -1.40. The summed E-state index contributed by atoms with van der Waals surface area (Å²) in [6, 6.07) is 2.87. The number of aliphatic carboxylic acids is 1. The number of carbonyl (C=O) groups excluding carboxylic acids is 2. The number of hydrogen-bond acceptors (Lipinski definition) is 7. The molecule has 1 rings (SSSR count). The van der Waals surface area contributed by atoms with E-state index >= 15 is 0 Å². The largest absolute Gasteiger partial charge is 1.00 e. The number of methoxy groups -OCH3 is 3. The predicted octanol–water partition coefficient (Wildman–Crippen LogP) is -2.61. The fourth-order valence-electron chi connectivity index (χ4n) is 2.27. The van der Waals surface area contributed by atoms with Gasteiger partial charge in [0, 0.05) is 5.56 Å². The van der Waals surface area contributed by atoms with Crippen molar-refractivity contribution in [3.63, 3.8) is 0 Å². The molecule has 1 aromatic rings. The van der Waals surface area contributed by atoms with Crippen molar-refractivity contribution in [1.82, 2.24) is 0 Å².